The van der Waals surface area contributed by atoms with Gasteiger partial charge in [-0.15, -0.1) is 0 Å². The molecule has 174 valence electrons. The smallest absolute Gasteiger partial charge is 0.336 e. The van der Waals surface area contributed by atoms with E-state index in [2.05, 4.69) is 10.5 Å². The van der Waals surface area contributed by atoms with Gasteiger partial charge in [-0.3, -0.25) is 4.79 Å². The third-order valence-electron chi connectivity index (χ3n) is 5.10. The summed E-state index contributed by atoms with van der Waals surface area (Å²) < 4.78 is 11.0. The number of hydrogen-bond acceptors (Lipinski definition) is 5. The molecule has 35 heavy (non-hydrogen) atoms. The van der Waals surface area contributed by atoms with Crippen molar-refractivity contribution < 1.29 is 19.1 Å². The van der Waals surface area contributed by atoms with E-state index >= 15 is 0 Å². The lowest BCUT2D eigenvalue weighted by atomic mass is 10.1. The summed E-state index contributed by atoms with van der Waals surface area (Å²) in [6.45, 7) is 1.66. The van der Waals surface area contributed by atoms with Crippen LogP contribution >= 0.6 is 0 Å². The highest BCUT2D eigenvalue weighted by molar-refractivity contribution is 5.89. The van der Waals surface area contributed by atoms with E-state index < -0.39 is 12.1 Å². The van der Waals surface area contributed by atoms with E-state index in [1.54, 1.807) is 37.3 Å². The summed E-state index contributed by atoms with van der Waals surface area (Å²) in [5.74, 6) is 0.179. The van der Waals surface area contributed by atoms with Crippen LogP contribution in [0.2, 0.25) is 0 Å². The third-order valence-corrected chi connectivity index (χ3v) is 5.10. The second-order valence-corrected chi connectivity index (χ2v) is 7.74. The van der Waals surface area contributed by atoms with Crippen LogP contribution in [0.15, 0.2) is 108 Å². The van der Waals surface area contributed by atoms with Crippen molar-refractivity contribution in [1.82, 2.24) is 5.43 Å². The summed E-state index contributed by atoms with van der Waals surface area (Å²) in [7, 11) is 0. The van der Waals surface area contributed by atoms with Gasteiger partial charge in [-0.25, -0.2) is 10.2 Å². The molecule has 0 saturated carbocycles. The van der Waals surface area contributed by atoms with Crippen LogP contribution in [0.5, 0.6) is 11.5 Å². The molecule has 4 aromatic rings. The number of fused-ring (bicyclic) bond motifs is 1. The molecule has 1 amide bonds. The van der Waals surface area contributed by atoms with Crippen molar-refractivity contribution in [1.29, 1.82) is 0 Å². The maximum Gasteiger partial charge on any atom is 0.336 e. The first-order chi connectivity index (χ1) is 17.1. The Morgan fingerprint density at radius 3 is 2.26 bits per heavy atom. The Balaban J connectivity index is 1.25. The van der Waals surface area contributed by atoms with Gasteiger partial charge in [0.2, 0.25) is 0 Å². The molecule has 0 spiro atoms. The summed E-state index contributed by atoms with van der Waals surface area (Å²) in [5, 5.41) is 6.13. The average Bonchev–Trinajstić information content (AvgIpc) is 2.89. The zero-order valence-electron chi connectivity index (χ0n) is 19.1. The van der Waals surface area contributed by atoms with Gasteiger partial charge in [-0.05, 0) is 71.3 Å². The quantitative estimate of drug-likeness (QED) is 0.125. The summed E-state index contributed by atoms with van der Waals surface area (Å²) >= 11 is 0. The molecule has 6 nitrogen and oxygen atoms in total. The number of ether oxygens (including phenoxy) is 2. The zero-order valence-corrected chi connectivity index (χ0v) is 19.1. The molecular weight excluding hydrogens is 440 g/mol. The van der Waals surface area contributed by atoms with Crippen LogP contribution in [0.1, 0.15) is 18.1 Å². The maximum absolute atomic E-state index is 12.3. The Bertz CT molecular complexity index is 1360. The van der Waals surface area contributed by atoms with Crippen LogP contribution in [-0.4, -0.2) is 24.2 Å². The van der Waals surface area contributed by atoms with Crippen LogP contribution in [-0.2, 0) is 9.59 Å². The van der Waals surface area contributed by atoms with E-state index in [1.165, 1.54) is 12.3 Å². The largest absolute Gasteiger partial charge is 0.481 e. The first-order valence-electron chi connectivity index (χ1n) is 11.1. The number of carbonyl (C=O) groups excluding carboxylic acids is 2. The predicted octanol–water partition coefficient (Wildman–Crippen LogP) is 5.38. The molecule has 0 aromatic heterocycles. The van der Waals surface area contributed by atoms with E-state index in [1.807, 2.05) is 72.8 Å². The number of rotatable bonds is 8. The molecule has 0 fully saturated rings. The minimum atomic E-state index is -0.723. The highest BCUT2D eigenvalue weighted by atomic mass is 16.5. The summed E-state index contributed by atoms with van der Waals surface area (Å²) in [6, 6.07) is 29.9. The van der Waals surface area contributed by atoms with E-state index in [-0.39, 0.29) is 5.91 Å². The van der Waals surface area contributed by atoms with Gasteiger partial charge < -0.3 is 9.47 Å². The van der Waals surface area contributed by atoms with Crippen molar-refractivity contribution >= 4 is 34.9 Å². The lowest BCUT2D eigenvalue weighted by Crippen LogP contribution is -2.33. The molecule has 0 unspecified atom stereocenters. The number of hydrogen-bond donors (Lipinski definition) is 1. The number of carbonyl (C=O) groups is 2. The van der Waals surface area contributed by atoms with E-state index in [0.29, 0.717) is 11.5 Å². The lowest BCUT2D eigenvalue weighted by molar-refractivity contribution is -0.129. The fraction of sp³-hybridized carbons (Fsp3) is 0.0690. The van der Waals surface area contributed by atoms with Gasteiger partial charge >= 0.3 is 5.97 Å². The van der Waals surface area contributed by atoms with Crippen LogP contribution in [0.3, 0.4) is 0 Å². The fourth-order valence-corrected chi connectivity index (χ4v) is 3.26. The molecule has 0 radical (unpaired) electrons. The molecular formula is C29H24N2O4. The van der Waals surface area contributed by atoms with Crippen molar-refractivity contribution in [3.05, 3.63) is 114 Å². The van der Waals surface area contributed by atoms with E-state index in [0.717, 1.165) is 21.9 Å². The van der Waals surface area contributed by atoms with E-state index in [4.69, 9.17) is 9.47 Å². The maximum atomic E-state index is 12.3. The monoisotopic (exact) mass is 464 g/mol. The van der Waals surface area contributed by atoms with Gasteiger partial charge in [-0.2, -0.15) is 5.10 Å². The molecule has 0 saturated heterocycles. The van der Waals surface area contributed by atoms with Gasteiger partial charge in [0.05, 0.1) is 6.21 Å². The van der Waals surface area contributed by atoms with Crippen molar-refractivity contribution in [3.8, 4) is 11.5 Å². The Labute approximate surface area is 203 Å². The molecule has 6 heteroatoms. The van der Waals surface area contributed by atoms with Crippen LogP contribution in [0.4, 0.5) is 0 Å². The van der Waals surface area contributed by atoms with Crippen LogP contribution in [0.25, 0.3) is 16.8 Å². The minimum absolute atomic E-state index is 0.370. The molecule has 0 bridgehead atoms. The van der Waals surface area contributed by atoms with Gasteiger partial charge in [0.25, 0.3) is 5.91 Å². The number of benzene rings is 4. The number of nitrogens with one attached hydrogen (secondary N) is 1. The predicted molar refractivity (Wildman–Crippen MR) is 137 cm³/mol. The van der Waals surface area contributed by atoms with Gasteiger partial charge in [-0.1, -0.05) is 60.7 Å². The normalized spacial score (nSPS) is 12.0. The van der Waals surface area contributed by atoms with E-state index in [9.17, 15) is 9.59 Å². The molecule has 4 rings (SSSR count). The fourth-order valence-electron chi connectivity index (χ4n) is 3.26. The average molecular weight is 465 g/mol. The number of hydrazone groups is 1. The van der Waals surface area contributed by atoms with Gasteiger partial charge in [0, 0.05) is 6.08 Å². The van der Waals surface area contributed by atoms with Gasteiger partial charge in [0.1, 0.15) is 11.5 Å². The molecule has 1 atom stereocenters. The Kier molecular flexibility index (Phi) is 7.66. The Morgan fingerprint density at radius 1 is 0.800 bits per heavy atom. The molecule has 0 aliphatic carbocycles. The Morgan fingerprint density at radius 2 is 1.49 bits per heavy atom. The topological polar surface area (TPSA) is 77.0 Å². The Hall–Kier alpha value is -4.71. The van der Waals surface area contributed by atoms with Crippen molar-refractivity contribution in [2.75, 3.05) is 0 Å². The minimum Gasteiger partial charge on any atom is -0.481 e. The standard InChI is InChI=1S/C29H24N2O4/c1-21(34-27-17-14-24-9-5-6-10-25(24)19-27)29(33)31-30-20-23-11-15-26(16-12-23)35-28(32)18-13-22-7-3-2-4-8-22/h2-21H,1H3,(H,31,33)/b18-13+,30-20-/t21-/m0/s1. The summed E-state index contributed by atoms with van der Waals surface area (Å²) in [6.07, 6.45) is 3.85. The highest BCUT2D eigenvalue weighted by Gasteiger charge is 2.14. The van der Waals surface area contributed by atoms with Crippen molar-refractivity contribution in [2.24, 2.45) is 5.10 Å². The lowest BCUT2D eigenvalue weighted by Gasteiger charge is -2.13. The van der Waals surface area contributed by atoms with Crippen molar-refractivity contribution in [3.63, 3.8) is 0 Å². The molecule has 4 aromatic carbocycles. The molecule has 1 N–H and O–H groups in total. The molecule has 0 aliphatic heterocycles. The second kappa shape index (κ2) is 11.4. The first-order valence-corrected chi connectivity index (χ1v) is 11.1. The first kappa shape index (κ1) is 23.4. The second-order valence-electron chi connectivity index (χ2n) is 7.74. The third kappa shape index (κ3) is 6.88. The number of esters is 1. The summed E-state index contributed by atoms with van der Waals surface area (Å²) in [5.41, 5.74) is 4.12. The molecule has 0 heterocycles. The highest BCUT2D eigenvalue weighted by Crippen LogP contribution is 2.21. The SMILES string of the molecule is C[C@H](Oc1ccc2ccccc2c1)C(=O)N/N=C\c1ccc(OC(=O)/C=C/c2ccccc2)cc1. The molecule has 0 aliphatic rings. The van der Waals surface area contributed by atoms with Gasteiger partial charge in [0.15, 0.2) is 6.10 Å². The summed E-state index contributed by atoms with van der Waals surface area (Å²) in [4.78, 5) is 24.3. The van der Waals surface area contributed by atoms with Crippen LogP contribution < -0.4 is 14.9 Å². The zero-order chi connectivity index (χ0) is 24.5. The number of nitrogens with zero attached hydrogens (tertiary/aromatic N) is 1. The number of amides is 1. The van der Waals surface area contributed by atoms with Crippen LogP contribution in [0, 0.1) is 0 Å². The van der Waals surface area contributed by atoms with Crippen molar-refractivity contribution in [2.45, 2.75) is 13.0 Å².